The average Bonchev–Trinajstić information content (AvgIpc) is 2.80. The van der Waals surface area contributed by atoms with Gasteiger partial charge in [-0.25, -0.2) is 4.98 Å². The van der Waals surface area contributed by atoms with Gasteiger partial charge in [0.25, 0.3) is 0 Å². The minimum atomic E-state index is 0.169. The third-order valence-corrected chi connectivity index (χ3v) is 2.26. The topological polar surface area (TPSA) is 90.7 Å². The van der Waals surface area contributed by atoms with E-state index in [2.05, 4.69) is 20.1 Å². The molecule has 0 aliphatic rings. The highest BCUT2D eigenvalue weighted by Gasteiger charge is 2.14. The van der Waals surface area contributed by atoms with Crippen molar-refractivity contribution in [1.82, 2.24) is 20.1 Å². The molecule has 0 fully saturated rings. The molecule has 6 nitrogen and oxygen atoms in total. The van der Waals surface area contributed by atoms with Crippen LogP contribution in [0.5, 0.6) is 0 Å². The van der Waals surface area contributed by atoms with Crippen molar-refractivity contribution in [3.05, 3.63) is 24.5 Å². The highest BCUT2D eigenvalue weighted by atomic mass is 16.5. The zero-order chi connectivity index (χ0) is 11.4. The molecule has 2 N–H and O–H groups in total. The van der Waals surface area contributed by atoms with Crippen molar-refractivity contribution in [3.63, 3.8) is 0 Å². The van der Waals surface area contributed by atoms with E-state index in [0.717, 1.165) is 6.42 Å². The lowest BCUT2D eigenvalue weighted by molar-refractivity contribution is 0.355. The summed E-state index contributed by atoms with van der Waals surface area (Å²) < 4.78 is 5.15. The molecular formula is C10H13N5O. The second-order valence-electron chi connectivity index (χ2n) is 3.53. The van der Waals surface area contributed by atoms with Gasteiger partial charge in [0.1, 0.15) is 5.69 Å². The molecule has 0 spiro atoms. The zero-order valence-corrected chi connectivity index (χ0v) is 9.00. The minimum Gasteiger partial charge on any atom is -0.339 e. The zero-order valence-electron chi connectivity index (χ0n) is 9.00. The average molecular weight is 219 g/mol. The molecular weight excluding hydrogens is 206 g/mol. The Morgan fingerprint density at radius 2 is 2.31 bits per heavy atom. The smallest absolute Gasteiger partial charge is 0.229 e. The van der Waals surface area contributed by atoms with Crippen LogP contribution in [-0.2, 0) is 0 Å². The molecule has 16 heavy (non-hydrogen) atoms. The van der Waals surface area contributed by atoms with Crippen LogP contribution >= 0.6 is 0 Å². The first-order chi connectivity index (χ1) is 7.81. The van der Waals surface area contributed by atoms with Gasteiger partial charge in [0.15, 0.2) is 0 Å². The Bertz CT molecular complexity index is 441. The Morgan fingerprint density at radius 1 is 1.44 bits per heavy atom. The third kappa shape index (κ3) is 2.22. The summed E-state index contributed by atoms with van der Waals surface area (Å²) in [7, 11) is 0. The lowest BCUT2D eigenvalue weighted by atomic mass is 10.1. The summed E-state index contributed by atoms with van der Waals surface area (Å²) in [5.41, 5.74) is 6.08. The lowest BCUT2D eigenvalue weighted by Crippen LogP contribution is -2.04. The first kappa shape index (κ1) is 10.7. The van der Waals surface area contributed by atoms with Gasteiger partial charge in [-0.2, -0.15) is 4.98 Å². The number of rotatable bonds is 4. The quantitative estimate of drug-likeness (QED) is 0.824. The van der Waals surface area contributed by atoms with E-state index in [1.165, 1.54) is 0 Å². The van der Waals surface area contributed by atoms with Gasteiger partial charge >= 0.3 is 0 Å². The Morgan fingerprint density at radius 3 is 3.00 bits per heavy atom. The normalized spacial score (nSPS) is 12.6. The number of nitrogens with two attached hydrogens (primary N) is 1. The van der Waals surface area contributed by atoms with Crippen molar-refractivity contribution in [1.29, 1.82) is 0 Å². The van der Waals surface area contributed by atoms with Gasteiger partial charge in [0.05, 0.1) is 6.20 Å². The fraction of sp³-hybridized carbons (Fsp3) is 0.400. The van der Waals surface area contributed by atoms with Gasteiger partial charge in [-0.05, 0) is 13.0 Å². The van der Waals surface area contributed by atoms with Crippen LogP contribution in [0.4, 0.5) is 0 Å². The molecule has 84 valence electrons. The van der Waals surface area contributed by atoms with E-state index < -0.39 is 0 Å². The van der Waals surface area contributed by atoms with Gasteiger partial charge in [-0.15, -0.1) is 0 Å². The van der Waals surface area contributed by atoms with E-state index in [1.54, 1.807) is 18.6 Å². The summed E-state index contributed by atoms with van der Waals surface area (Å²) in [6.45, 7) is 2.60. The van der Waals surface area contributed by atoms with Crippen LogP contribution in [0.25, 0.3) is 11.5 Å². The van der Waals surface area contributed by atoms with Crippen molar-refractivity contribution in [2.24, 2.45) is 5.73 Å². The third-order valence-electron chi connectivity index (χ3n) is 2.26. The van der Waals surface area contributed by atoms with Gasteiger partial charge in [-0.1, -0.05) is 12.1 Å². The summed E-state index contributed by atoms with van der Waals surface area (Å²) in [6.07, 6.45) is 5.61. The van der Waals surface area contributed by atoms with E-state index in [9.17, 15) is 0 Å². The van der Waals surface area contributed by atoms with Crippen LogP contribution in [0.1, 0.15) is 25.2 Å². The maximum Gasteiger partial charge on any atom is 0.229 e. The summed E-state index contributed by atoms with van der Waals surface area (Å²) in [4.78, 5) is 12.3. The highest BCUT2D eigenvalue weighted by molar-refractivity contribution is 5.45. The number of aromatic nitrogens is 4. The van der Waals surface area contributed by atoms with Gasteiger partial charge < -0.3 is 10.3 Å². The van der Waals surface area contributed by atoms with E-state index in [4.69, 9.17) is 10.3 Å². The minimum absolute atomic E-state index is 0.169. The fourth-order valence-electron chi connectivity index (χ4n) is 1.33. The monoisotopic (exact) mass is 219 g/mol. The summed E-state index contributed by atoms with van der Waals surface area (Å²) in [5, 5.41) is 3.86. The van der Waals surface area contributed by atoms with Crippen molar-refractivity contribution in [3.8, 4) is 11.5 Å². The number of hydrogen-bond donors (Lipinski definition) is 1. The highest BCUT2D eigenvalue weighted by Crippen LogP contribution is 2.19. The van der Waals surface area contributed by atoms with Crippen LogP contribution in [0.2, 0.25) is 0 Å². The molecule has 0 saturated heterocycles. The summed E-state index contributed by atoms with van der Waals surface area (Å²) >= 11 is 0. The molecule has 0 bridgehead atoms. The van der Waals surface area contributed by atoms with Gasteiger partial charge in [-0.3, -0.25) is 4.98 Å². The van der Waals surface area contributed by atoms with E-state index in [-0.39, 0.29) is 5.92 Å². The van der Waals surface area contributed by atoms with E-state index >= 15 is 0 Å². The predicted molar refractivity (Wildman–Crippen MR) is 57.4 cm³/mol. The maximum absolute atomic E-state index is 5.47. The van der Waals surface area contributed by atoms with E-state index in [1.807, 2.05) is 6.92 Å². The molecule has 0 aliphatic heterocycles. The first-order valence-electron chi connectivity index (χ1n) is 5.11. The maximum atomic E-state index is 5.47. The summed E-state index contributed by atoms with van der Waals surface area (Å²) in [6, 6.07) is 0. The Labute approximate surface area is 92.9 Å². The summed E-state index contributed by atoms with van der Waals surface area (Å²) in [5.74, 6) is 1.22. The molecule has 2 aromatic rings. The SMILES string of the molecule is CC(CCN)c1nc(-c2cnccn2)no1. The Kier molecular flexibility index (Phi) is 3.21. The second kappa shape index (κ2) is 4.80. The van der Waals surface area contributed by atoms with Crippen LogP contribution in [0.3, 0.4) is 0 Å². The van der Waals surface area contributed by atoms with Crippen LogP contribution in [0.15, 0.2) is 23.1 Å². The standard InChI is InChI=1S/C10H13N5O/c1-7(2-3-11)10-14-9(15-16-10)8-6-12-4-5-13-8/h4-7H,2-3,11H2,1H3. The van der Waals surface area contributed by atoms with E-state index in [0.29, 0.717) is 24.0 Å². The lowest BCUT2D eigenvalue weighted by Gasteiger charge is -2.01. The second-order valence-corrected chi connectivity index (χ2v) is 3.53. The first-order valence-corrected chi connectivity index (χ1v) is 5.11. The van der Waals surface area contributed by atoms with Crippen molar-refractivity contribution >= 4 is 0 Å². The van der Waals surface area contributed by atoms with Crippen LogP contribution in [0, 0.1) is 0 Å². The molecule has 2 rings (SSSR count). The predicted octanol–water partition coefficient (Wildman–Crippen LogP) is 0.979. The van der Waals surface area contributed by atoms with Crippen LogP contribution < -0.4 is 5.73 Å². The van der Waals surface area contributed by atoms with Crippen LogP contribution in [-0.4, -0.2) is 26.7 Å². The molecule has 2 aromatic heterocycles. The molecule has 0 radical (unpaired) electrons. The molecule has 0 aliphatic carbocycles. The molecule has 1 atom stereocenters. The number of hydrogen-bond acceptors (Lipinski definition) is 6. The molecule has 2 heterocycles. The molecule has 6 heteroatoms. The van der Waals surface area contributed by atoms with Crippen molar-refractivity contribution < 1.29 is 4.52 Å². The van der Waals surface area contributed by atoms with Crippen molar-refractivity contribution in [2.75, 3.05) is 6.54 Å². The Balaban J connectivity index is 2.20. The fourth-order valence-corrected chi connectivity index (χ4v) is 1.33. The molecule has 0 aromatic carbocycles. The van der Waals surface area contributed by atoms with Gasteiger partial charge in [0.2, 0.25) is 11.7 Å². The molecule has 1 unspecified atom stereocenters. The molecule has 0 amide bonds. The molecule has 0 saturated carbocycles. The van der Waals surface area contributed by atoms with Crippen molar-refractivity contribution in [2.45, 2.75) is 19.3 Å². The number of nitrogens with zero attached hydrogens (tertiary/aromatic N) is 4. The Hall–Kier alpha value is -1.82. The largest absolute Gasteiger partial charge is 0.339 e. The van der Waals surface area contributed by atoms with Gasteiger partial charge in [0, 0.05) is 18.3 Å².